The van der Waals surface area contributed by atoms with Gasteiger partial charge >= 0.3 is 0 Å². The van der Waals surface area contributed by atoms with Gasteiger partial charge in [-0.05, 0) is 13.0 Å². The normalized spacial score (nSPS) is 32.3. The number of carbonyl (C=O) groups excluding carboxylic acids is 2. The molecule has 1 N–H and O–H groups in total. The van der Waals surface area contributed by atoms with Crippen molar-refractivity contribution in [2.45, 2.75) is 6.42 Å². The number of rotatable bonds is 2. The fourth-order valence-electron chi connectivity index (χ4n) is 2.52. The van der Waals surface area contributed by atoms with Crippen LogP contribution in [0.4, 0.5) is 0 Å². The minimum absolute atomic E-state index is 0.0337. The van der Waals surface area contributed by atoms with Gasteiger partial charge in [-0.3, -0.25) is 14.5 Å². The van der Waals surface area contributed by atoms with E-state index in [0.29, 0.717) is 13.1 Å². The van der Waals surface area contributed by atoms with Crippen LogP contribution in [0.1, 0.15) is 6.42 Å². The van der Waals surface area contributed by atoms with Crippen LogP contribution >= 0.6 is 0 Å². The fraction of sp³-hybridized carbons (Fsp3) is 0.800. The maximum absolute atomic E-state index is 11.7. The van der Waals surface area contributed by atoms with E-state index < -0.39 is 0 Å². The number of imide groups is 1. The first-order valence-corrected chi connectivity index (χ1v) is 5.29. The maximum Gasteiger partial charge on any atom is 0.234 e. The molecule has 2 unspecified atom stereocenters. The lowest BCUT2D eigenvalue weighted by Crippen LogP contribution is -2.42. The minimum Gasteiger partial charge on any atom is -0.395 e. The highest BCUT2D eigenvalue weighted by Crippen LogP contribution is 2.32. The molecule has 5 heteroatoms. The van der Waals surface area contributed by atoms with Gasteiger partial charge in [0.25, 0.3) is 0 Å². The van der Waals surface area contributed by atoms with E-state index in [4.69, 9.17) is 5.11 Å². The summed E-state index contributed by atoms with van der Waals surface area (Å²) in [7, 11) is 1.55. The first-order valence-electron chi connectivity index (χ1n) is 5.29. The molecule has 2 rings (SSSR count). The predicted octanol–water partition coefficient (Wildman–Crippen LogP) is -1.08. The lowest BCUT2D eigenvalue weighted by Gasteiger charge is -2.31. The molecule has 0 aromatic rings. The van der Waals surface area contributed by atoms with Crippen molar-refractivity contribution in [2.75, 3.05) is 33.3 Å². The van der Waals surface area contributed by atoms with E-state index in [-0.39, 0.29) is 30.3 Å². The largest absolute Gasteiger partial charge is 0.395 e. The Morgan fingerprint density at radius 3 is 2.67 bits per heavy atom. The zero-order valence-corrected chi connectivity index (χ0v) is 8.85. The summed E-state index contributed by atoms with van der Waals surface area (Å²) in [4.78, 5) is 26.7. The third-order valence-electron chi connectivity index (χ3n) is 3.41. The number of β-amino-alcohol motifs (C(OH)–C–C–N with tert-alkyl or cyclic N) is 1. The second-order valence-corrected chi connectivity index (χ2v) is 4.26. The van der Waals surface area contributed by atoms with Crippen LogP contribution in [0.2, 0.25) is 0 Å². The van der Waals surface area contributed by atoms with Crippen LogP contribution in [0.15, 0.2) is 0 Å². The Kier molecular flexibility index (Phi) is 2.75. The van der Waals surface area contributed by atoms with Crippen molar-refractivity contribution in [2.24, 2.45) is 11.8 Å². The molecule has 0 aliphatic carbocycles. The number of hydrogen-bond donors (Lipinski definition) is 1. The summed E-state index contributed by atoms with van der Waals surface area (Å²) < 4.78 is 0. The molecule has 2 amide bonds. The van der Waals surface area contributed by atoms with Gasteiger partial charge < -0.3 is 10.0 Å². The average molecular weight is 212 g/mol. The standard InChI is InChI=1S/C10H16N2O3/c1-11-9(14)7-2-3-12(4-5-13)6-8(7)10(11)15/h7-8,13H,2-6H2,1H3. The molecule has 2 heterocycles. The van der Waals surface area contributed by atoms with Gasteiger partial charge in [0.2, 0.25) is 11.8 Å². The zero-order valence-electron chi connectivity index (χ0n) is 8.85. The lowest BCUT2D eigenvalue weighted by atomic mass is 9.88. The number of carbonyl (C=O) groups is 2. The highest BCUT2D eigenvalue weighted by atomic mass is 16.3. The SMILES string of the molecule is CN1C(=O)C2CCN(CCO)CC2C1=O. The van der Waals surface area contributed by atoms with Gasteiger partial charge in [-0.15, -0.1) is 0 Å². The molecule has 84 valence electrons. The van der Waals surface area contributed by atoms with Gasteiger partial charge in [-0.2, -0.15) is 0 Å². The summed E-state index contributed by atoms with van der Waals surface area (Å²) in [5.41, 5.74) is 0. The van der Waals surface area contributed by atoms with Crippen molar-refractivity contribution in [3.63, 3.8) is 0 Å². The number of likely N-dealkylation sites (tertiary alicyclic amines) is 2. The van der Waals surface area contributed by atoms with Crippen LogP contribution in [0, 0.1) is 11.8 Å². The highest BCUT2D eigenvalue weighted by molar-refractivity contribution is 6.05. The third-order valence-corrected chi connectivity index (χ3v) is 3.41. The number of piperidine rings is 1. The Morgan fingerprint density at radius 2 is 2.00 bits per heavy atom. The van der Waals surface area contributed by atoms with Crippen LogP contribution in [0.5, 0.6) is 0 Å². The molecule has 2 aliphatic heterocycles. The molecule has 15 heavy (non-hydrogen) atoms. The molecule has 2 aliphatic rings. The molecule has 2 saturated heterocycles. The smallest absolute Gasteiger partial charge is 0.234 e. The topological polar surface area (TPSA) is 60.9 Å². The molecule has 0 radical (unpaired) electrons. The first-order chi connectivity index (χ1) is 7.15. The second kappa shape index (κ2) is 3.90. The lowest BCUT2D eigenvalue weighted by molar-refractivity contribution is -0.138. The van der Waals surface area contributed by atoms with E-state index in [2.05, 4.69) is 0 Å². The van der Waals surface area contributed by atoms with E-state index >= 15 is 0 Å². The number of aliphatic hydroxyl groups is 1. The minimum atomic E-state index is -0.178. The van der Waals surface area contributed by atoms with Crippen LogP contribution in [-0.2, 0) is 9.59 Å². The average Bonchev–Trinajstić information content (AvgIpc) is 2.45. The molecular formula is C10H16N2O3. The Morgan fingerprint density at radius 1 is 1.33 bits per heavy atom. The molecular weight excluding hydrogens is 196 g/mol. The van der Waals surface area contributed by atoms with Crippen molar-refractivity contribution in [3.8, 4) is 0 Å². The van der Waals surface area contributed by atoms with E-state index in [1.54, 1.807) is 7.05 Å². The number of fused-ring (bicyclic) bond motifs is 1. The van der Waals surface area contributed by atoms with Crippen molar-refractivity contribution in [1.29, 1.82) is 0 Å². The quantitative estimate of drug-likeness (QED) is 0.591. The van der Waals surface area contributed by atoms with E-state index in [1.807, 2.05) is 4.90 Å². The summed E-state index contributed by atoms with van der Waals surface area (Å²) in [6.45, 7) is 2.11. The van der Waals surface area contributed by atoms with Crippen molar-refractivity contribution in [1.82, 2.24) is 9.80 Å². The first kappa shape index (κ1) is 10.6. The molecule has 2 fully saturated rings. The summed E-state index contributed by atoms with van der Waals surface area (Å²) in [5, 5.41) is 8.82. The monoisotopic (exact) mass is 212 g/mol. The van der Waals surface area contributed by atoms with Crippen molar-refractivity contribution < 1.29 is 14.7 Å². The number of aliphatic hydroxyl groups excluding tert-OH is 1. The highest BCUT2D eigenvalue weighted by Gasteiger charge is 2.47. The molecule has 0 bridgehead atoms. The number of amides is 2. The van der Waals surface area contributed by atoms with Gasteiger partial charge in [-0.1, -0.05) is 0 Å². The molecule has 0 spiro atoms. The second-order valence-electron chi connectivity index (χ2n) is 4.26. The van der Waals surface area contributed by atoms with Gasteiger partial charge in [-0.25, -0.2) is 0 Å². The summed E-state index contributed by atoms with van der Waals surface area (Å²) in [6, 6.07) is 0. The Labute approximate surface area is 88.6 Å². The van der Waals surface area contributed by atoms with Crippen LogP contribution in [0.3, 0.4) is 0 Å². The maximum atomic E-state index is 11.7. The van der Waals surface area contributed by atoms with Crippen LogP contribution in [-0.4, -0.2) is 60.0 Å². The van der Waals surface area contributed by atoms with Crippen molar-refractivity contribution in [3.05, 3.63) is 0 Å². The third kappa shape index (κ3) is 1.66. The Balaban J connectivity index is 2.08. The number of nitrogens with zero attached hydrogens (tertiary/aromatic N) is 2. The van der Waals surface area contributed by atoms with Gasteiger partial charge in [0, 0.05) is 20.1 Å². The van der Waals surface area contributed by atoms with E-state index in [1.165, 1.54) is 4.90 Å². The van der Waals surface area contributed by atoms with Crippen LogP contribution < -0.4 is 0 Å². The fourth-order valence-corrected chi connectivity index (χ4v) is 2.52. The molecule has 5 nitrogen and oxygen atoms in total. The molecule has 0 aromatic carbocycles. The Hall–Kier alpha value is -0.940. The molecule has 0 saturated carbocycles. The molecule has 2 atom stereocenters. The number of hydrogen-bond acceptors (Lipinski definition) is 4. The summed E-state index contributed by atoms with van der Waals surface area (Å²) in [5.74, 6) is -0.387. The van der Waals surface area contributed by atoms with Crippen molar-refractivity contribution >= 4 is 11.8 Å². The van der Waals surface area contributed by atoms with E-state index in [9.17, 15) is 9.59 Å². The Bertz CT molecular complexity index is 292. The predicted molar refractivity (Wildman–Crippen MR) is 52.9 cm³/mol. The summed E-state index contributed by atoms with van der Waals surface area (Å²) >= 11 is 0. The summed E-state index contributed by atoms with van der Waals surface area (Å²) in [6.07, 6.45) is 0.736. The van der Waals surface area contributed by atoms with Gasteiger partial charge in [0.15, 0.2) is 0 Å². The zero-order chi connectivity index (χ0) is 11.0. The van der Waals surface area contributed by atoms with E-state index in [0.717, 1.165) is 13.0 Å². The van der Waals surface area contributed by atoms with Crippen LogP contribution in [0.25, 0.3) is 0 Å². The van der Waals surface area contributed by atoms with Gasteiger partial charge in [0.05, 0.1) is 18.4 Å². The molecule has 0 aromatic heterocycles. The van der Waals surface area contributed by atoms with Gasteiger partial charge in [0.1, 0.15) is 0 Å².